The normalized spacial score (nSPS) is 27.1. The predicted molar refractivity (Wildman–Crippen MR) is 92.3 cm³/mol. The summed E-state index contributed by atoms with van der Waals surface area (Å²) in [5.41, 5.74) is 1.80. The Balaban J connectivity index is 1.76. The smallest absolute Gasteiger partial charge is 0.256 e. The number of rotatable bonds is 3. The molecule has 0 unspecified atom stereocenters. The second kappa shape index (κ2) is 5.91. The number of hydrogen-bond acceptors (Lipinski definition) is 2. The number of carbonyl (C=O) groups is 2. The van der Waals surface area contributed by atoms with Crippen molar-refractivity contribution in [1.29, 1.82) is 0 Å². The first-order valence-corrected chi connectivity index (χ1v) is 9.33. The number of amides is 2. The van der Waals surface area contributed by atoms with E-state index in [0.29, 0.717) is 5.92 Å². The molecule has 0 bridgehead atoms. The lowest BCUT2D eigenvalue weighted by Crippen LogP contribution is -2.41. The summed E-state index contributed by atoms with van der Waals surface area (Å²) in [5.74, 6) is 0.596. The van der Waals surface area contributed by atoms with Crippen molar-refractivity contribution in [1.82, 2.24) is 9.80 Å². The quantitative estimate of drug-likeness (QED) is 0.849. The largest absolute Gasteiger partial charge is 0.313 e. The lowest BCUT2D eigenvalue weighted by Gasteiger charge is -2.35. The third-order valence-corrected chi connectivity index (χ3v) is 5.77. The fourth-order valence-electron chi connectivity index (χ4n) is 4.72. The lowest BCUT2D eigenvalue weighted by molar-refractivity contribution is -0.133. The highest BCUT2D eigenvalue weighted by Crippen LogP contribution is 2.46. The summed E-state index contributed by atoms with van der Waals surface area (Å²) >= 11 is 0. The van der Waals surface area contributed by atoms with E-state index in [-0.39, 0.29) is 30.1 Å². The topological polar surface area (TPSA) is 40.6 Å². The average molecular weight is 326 g/mol. The van der Waals surface area contributed by atoms with Crippen LogP contribution in [0.15, 0.2) is 24.3 Å². The number of benzene rings is 1. The lowest BCUT2D eigenvalue weighted by atomic mass is 9.93. The van der Waals surface area contributed by atoms with E-state index in [0.717, 1.165) is 30.4 Å². The molecule has 1 saturated heterocycles. The van der Waals surface area contributed by atoms with Gasteiger partial charge in [0.05, 0.1) is 0 Å². The van der Waals surface area contributed by atoms with Crippen LogP contribution in [0.1, 0.15) is 74.5 Å². The molecular formula is C20H26N2O2. The van der Waals surface area contributed by atoms with Crippen molar-refractivity contribution in [2.75, 3.05) is 0 Å². The standard InChI is InChI=1S/C20H26N2O2/c1-13(2)12-17-20(24)21(14-8-4-3-5-9-14)18-15-10-6-7-11-16(15)19(23)22(17)18/h6-7,10-11,13-14,17-18H,3-5,8-9,12H2,1-2H3/t17-,18-/m0/s1. The van der Waals surface area contributed by atoms with Gasteiger partial charge >= 0.3 is 0 Å². The predicted octanol–water partition coefficient (Wildman–Crippen LogP) is 3.73. The molecule has 2 aliphatic heterocycles. The van der Waals surface area contributed by atoms with Gasteiger partial charge in [0, 0.05) is 17.2 Å². The molecule has 0 spiro atoms. The molecule has 2 fully saturated rings. The van der Waals surface area contributed by atoms with Crippen molar-refractivity contribution in [3.8, 4) is 0 Å². The number of hydrogen-bond donors (Lipinski definition) is 0. The Hall–Kier alpha value is -1.84. The van der Waals surface area contributed by atoms with Gasteiger partial charge in [-0.25, -0.2) is 0 Å². The molecule has 4 heteroatoms. The van der Waals surface area contributed by atoms with Crippen molar-refractivity contribution >= 4 is 11.8 Å². The van der Waals surface area contributed by atoms with Crippen LogP contribution >= 0.6 is 0 Å². The fraction of sp³-hybridized carbons (Fsp3) is 0.600. The van der Waals surface area contributed by atoms with Crippen LogP contribution in [0.3, 0.4) is 0 Å². The zero-order chi connectivity index (χ0) is 16.8. The van der Waals surface area contributed by atoms with Gasteiger partial charge in [-0.1, -0.05) is 51.3 Å². The second-order valence-electron chi connectivity index (χ2n) is 7.86. The average Bonchev–Trinajstić information content (AvgIpc) is 3.02. The highest BCUT2D eigenvalue weighted by Gasteiger charge is 2.55. The summed E-state index contributed by atoms with van der Waals surface area (Å²) < 4.78 is 0. The maximum Gasteiger partial charge on any atom is 0.256 e. The first kappa shape index (κ1) is 15.7. The molecule has 2 atom stereocenters. The van der Waals surface area contributed by atoms with Gasteiger partial charge in [-0.15, -0.1) is 0 Å². The Morgan fingerprint density at radius 1 is 1.04 bits per heavy atom. The van der Waals surface area contributed by atoms with Crippen molar-refractivity contribution in [3.05, 3.63) is 35.4 Å². The van der Waals surface area contributed by atoms with Crippen molar-refractivity contribution < 1.29 is 9.59 Å². The third kappa shape index (κ3) is 2.27. The maximum atomic E-state index is 13.2. The molecule has 0 N–H and O–H groups in total. The van der Waals surface area contributed by atoms with Gasteiger partial charge in [0.2, 0.25) is 5.91 Å². The SMILES string of the molecule is CC(C)C[C@H]1C(=O)N(C2CCCCC2)[C@@H]2c3ccccc3C(=O)N12. The van der Waals surface area contributed by atoms with Crippen molar-refractivity contribution in [3.63, 3.8) is 0 Å². The molecule has 1 saturated carbocycles. The van der Waals surface area contributed by atoms with E-state index in [1.54, 1.807) is 0 Å². The van der Waals surface area contributed by atoms with E-state index in [2.05, 4.69) is 18.7 Å². The molecule has 24 heavy (non-hydrogen) atoms. The summed E-state index contributed by atoms with van der Waals surface area (Å²) in [6.45, 7) is 4.25. The minimum absolute atomic E-state index is 0.0351. The number of nitrogens with zero attached hydrogens (tertiary/aromatic N) is 2. The molecule has 1 aromatic rings. The fourth-order valence-corrected chi connectivity index (χ4v) is 4.72. The first-order chi connectivity index (χ1) is 11.6. The molecule has 4 nitrogen and oxygen atoms in total. The molecule has 1 aliphatic carbocycles. The molecule has 0 aromatic heterocycles. The van der Waals surface area contributed by atoms with E-state index in [1.165, 1.54) is 19.3 Å². The monoisotopic (exact) mass is 326 g/mol. The van der Waals surface area contributed by atoms with Crippen LogP contribution in [0, 0.1) is 5.92 Å². The van der Waals surface area contributed by atoms with Crippen LogP contribution in [0.2, 0.25) is 0 Å². The second-order valence-corrected chi connectivity index (χ2v) is 7.86. The summed E-state index contributed by atoms with van der Waals surface area (Å²) in [6.07, 6.45) is 6.35. The highest BCUT2D eigenvalue weighted by atomic mass is 16.2. The van der Waals surface area contributed by atoms with Gasteiger partial charge in [0.15, 0.2) is 0 Å². The van der Waals surface area contributed by atoms with E-state index in [1.807, 2.05) is 29.2 Å². The molecule has 3 aliphatic rings. The van der Waals surface area contributed by atoms with Crippen LogP contribution < -0.4 is 0 Å². The zero-order valence-corrected chi connectivity index (χ0v) is 14.6. The third-order valence-electron chi connectivity index (χ3n) is 5.77. The Bertz CT molecular complexity index is 663. The summed E-state index contributed by atoms with van der Waals surface area (Å²) in [5, 5.41) is 0. The van der Waals surface area contributed by atoms with E-state index < -0.39 is 0 Å². The maximum absolute atomic E-state index is 13.2. The van der Waals surface area contributed by atoms with Crippen LogP contribution in [0.4, 0.5) is 0 Å². The Kier molecular flexibility index (Phi) is 3.86. The van der Waals surface area contributed by atoms with Gasteiger partial charge in [0.25, 0.3) is 5.91 Å². The molecular weight excluding hydrogens is 300 g/mol. The minimum atomic E-state index is -0.295. The first-order valence-electron chi connectivity index (χ1n) is 9.33. The molecule has 2 amide bonds. The molecule has 1 aromatic carbocycles. The van der Waals surface area contributed by atoms with Crippen LogP contribution in [0.5, 0.6) is 0 Å². The van der Waals surface area contributed by atoms with Crippen LogP contribution in [0.25, 0.3) is 0 Å². The number of carbonyl (C=O) groups excluding carboxylic acids is 2. The van der Waals surface area contributed by atoms with E-state index in [4.69, 9.17) is 0 Å². The summed E-state index contributed by atoms with van der Waals surface area (Å²) in [4.78, 5) is 30.2. The Morgan fingerprint density at radius 2 is 1.75 bits per heavy atom. The van der Waals surface area contributed by atoms with Gasteiger partial charge in [0.1, 0.15) is 12.2 Å². The Labute approximate surface area is 143 Å². The van der Waals surface area contributed by atoms with Gasteiger partial charge < -0.3 is 9.80 Å². The van der Waals surface area contributed by atoms with Gasteiger partial charge in [-0.05, 0) is 31.2 Å². The molecule has 128 valence electrons. The Morgan fingerprint density at radius 3 is 2.46 bits per heavy atom. The summed E-state index contributed by atoms with van der Waals surface area (Å²) in [6, 6.07) is 7.83. The van der Waals surface area contributed by atoms with E-state index >= 15 is 0 Å². The minimum Gasteiger partial charge on any atom is -0.313 e. The highest BCUT2D eigenvalue weighted by molar-refractivity contribution is 6.04. The van der Waals surface area contributed by atoms with Crippen molar-refractivity contribution in [2.45, 2.75) is 70.6 Å². The van der Waals surface area contributed by atoms with Crippen molar-refractivity contribution in [2.24, 2.45) is 5.92 Å². The van der Waals surface area contributed by atoms with Gasteiger partial charge in [-0.3, -0.25) is 9.59 Å². The van der Waals surface area contributed by atoms with E-state index in [9.17, 15) is 9.59 Å². The van der Waals surface area contributed by atoms with Crippen LogP contribution in [-0.4, -0.2) is 33.7 Å². The molecule has 4 rings (SSSR count). The number of fused-ring (bicyclic) bond motifs is 3. The summed E-state index contributed by atoms with van der Waals surface area (Å²) in [7, 11) is 0. The van der Waals surface area contributed by atoms with Gasteiger partial charge in [-0.2, -0.15) is 0 Å². The zero-order valence-electron chi connectivity index (χ0n) is 14.6. The molecule has 2 heterocycles. The molecule has 0 radical (unpaired) electrons. The van der Waals surface area contributed by atoms with Crippen LogP contribution in [-0.2, 0) is 4.79 Å².